The van der Waals surface area contributed by atoms with Crippen molar-refractivity contribution in [3.63, 3.8) is 0 Å². The van der Waals surface area contributed by atoms with Crippen LogP contribution in [0.3, 0.4) is 0 Å². The number of amides is 1. The minimum Gasteiger partial charge on any atom is -0.494 e. The Hall–Kier alpha value is -2.96. The number of rotatable bonds is 8. The number of carbonyl (C=O) groups is 2. The van der Waals surface area contributed by atoms with Crippen LogP contribution >= 0.6 is 0 Å². The second-order valence-electron chi connectivity index (χ2n) is 5.19. The molecule has 0 unspecified atom stereocenters. The Morgan fingerprint density at radius 2 is 1.88 bits per heavy atom. The third-order valence-corrected chi connectivity index (χ3v) is 3.36. The van der Waals surface area contributed by atoms with Gasteiger partial charge >= 0.3 is 5.97 Å². The summed E-state index contributed by atoms with van der Waals surface area (Å²) < 4.78 is 22.8. The quantitative estimate of drug-likeness (QED) is 0.587. The molecule has 0 aliphatic carbocycles. The van der Waals surface area contributed by atoms with Crippen LogP contribution in [0.5, 0.6) is 5.75 Å². The Bertz CT molecular complexity index is 702. The first kappa shape index (κ1) is 18.4. The van der Waals surface area contributed by atoms with Crippen LogP contribution in [0.4, 0.5) is 4.39 Å². The maximum atomic E-state index is 12.7. The van der Waals surface area contributed by atoms with E-state index in [0.717, 1.165) is 12.8 Å². The molecule has 0 atom stereocenters. The van der Waals surface area contributed by atoms with Gasteiger partial charge in [0, 0.05) is 12.7 Å². The number of hydrogen-bond donors (Lipinski definition) is 1. The molecule has 132 valence electrons. The van der Waals surface area contributed by atoms with E-state index in [-0.39, 0.29) is 23.0 Å². The number of hydrogen-bond acceptors (Lipinski definition) is 5. The number of halogens is 1. The topological polar surface area (TPSA) is 77.5 Å². The molecule has 0 aliphatic rings. The van der Waals surface area contributed by atoms with E-state index in [2.05, 4.69) is 15.0 Å². The lowest BCUT2D eigenvalue weighted by Crippen LogP contribution is -2.25. The molecule has 1 aromatic heterocycles. The lowest BCUT2D eigenvalue weighted by atomic mass is 10.2. The highest BCUT2D eigenvalue weighted by Crippen LogP contribution is 2.11. The smallest absolute Gasteiger partial charge is 0.339 e. The second-order valence-corrected chi connectivity index (χ2v) is 5.19. The van der Waals surface area contributed by atoms with Gasteiger partial charge in [-0.05, 0) is 49.2 Å². The van der Waals surface area contributed by atoms with E-state index in [1.54, 1.807) is 12.1 Å². The fourth-order valence-corrected chi connectivity index (χ4v) is 2.01. The van der Waals surface area contributed by atoms with Gasteiger partial charge in [-0.3, -0.25) is 9.78 Å². The summed E-state index contributed by atoms with van der Waals surface area (Å²) in [6.07, 6.45) is 2.77. The molecule has 0 aliphatic heterocycles. The molecule has 2 aromatic rings. The van der Waals surface area contributed by atoms with Crippen LogP contribution in [-0.4, -0.2) is 37.1 Å². The molecule has 1 heterocycles. The summed E-state index contributed by atoms with van der Waals surface area (Å²) in [5.74, 6) is -0.500. The van der Waals surface area contributed by atoms with Crippen LogP contribution in [0.1, 0.15) is 33.7 Å². The van der Waals surface area contributed by atoms with E-state index in [1.165, 1.54) is 37.6 Å². The number of nitrogens with zero attached hydrogens (tertiary/aromatic N) is 1. The molecule has 0 bridgehead atoms. The molecule has 1 N–H and O–H groups in total. The maximum absolute atomic E-state index is 12.7. The summed E-state index contributed by atoms with van der Waals surface area (Å²) in [7, 11) is 1.28. The van der Waals surface area contributed by atoms with Crippen LogP contribution < -0.4 is 10.1 Å². The zero-order valence-electron chi connectivity index (χ0n) is 13.8. The van der Waals surface area contributed by atoms with Crippen molar-refractivity contribution in [3.05, 3.63) is 59.7 Å². The Balaban J connectivity index is 1.65. The Kier molecular flexibility index (Phi) is 6.88. The van der Waals surface area contributed by atoms with Crippen molar-refractivity contribution in [2.75, 3.05) is 20.3 Å². The van der Waals surface area contributed by atoms with Gasteiger partial charge in [-0.1, -0.05) is 0 Å². The van der Waals surface area contributed by atoms with Gasteiger partial charge in [0.25, 0.3) is 5.91 Å². The molecule has 0 saturated heterocycles. The van der Waals surface area contributed by atoms with E-state index < -0.39 is 5.97 Å². The molecule has 25 heavy (non-hydrogen) atoms. The van der Waals surface area contributed by atoms with Crippen molar-refractivity contribution in [2.45, 2.75) is 12.8 Å². The summed E-state index contributed by atoms with van der Waals surface area (Å²) in [5.41, 5.74) is 0.521. The van der Waals surface area contributed by atoms with Crippen molar-refractivity contribution < 1.29 is 23.5 Å². The zero-order chi connectivity index (χ0) is 18.1. The molecule has 2 rings (SSSR count). The average molecular weight is 346 g/mol. The van der Waals surface area contributed by atoms with Gasteiger partial charge in [-0.15, -0.1) is 0 Å². The number of aromatic nitrogens is 1. The summed E-state index contributed by atoms with van der Waals surface area (Å²) >= 11 is 0. The fraction of sp³-hybridized carbons (Fsp3) is 0.278. The van der Waals surface area contributed by atoms with Crippen molar-refractivity contribution in [2.24, 2.45) is 0 Å². The van der Waals surface area contributed by atoms with Gasteiger partial charge in [0.1, 0.15) is 17.3 Å². The highest BCUT2D eigenvalue weighted by Gasteiger charge is 2.09. The Morgan fingerprint density at radius 3 is 2.52 bits per heavy atom. The number of unbranched alkanes of at least 4 members (excludes halogenated alkanes) is 1. The van der Waals surface area contributed by atoms with Crippen LogP contribution in [0.2, 0.25) is 0 Å². The van der Waals surface area contributed by atoms with Crippen molar-refractivity contribution >= 4 is 11.9 Å². The minimum atomic E-state index is -0.499. The summed E-state index contributed by atoms with van der Waals surface area (Å²) in [4.78, 5) is 27.2. The van der Waals surface area contributed by atoms with E-state index >= 15 is 0 Å². The molecule has 0 fully saturated rings. The number of ether oxygens (including phenoxy) is 2. The Morgan fingerprint density at radius 1 is 1.12 bits per heavy atom. The van der Waals surface area contributed by atoms with Gasteiger partial charge in [-0.25, -0.2) is 9.18 Å². The third kappa shape index (κ3) is 5.87. The van der Waals surface area contributed by atoms with Gasteiger partial charge < -0.3 is 14.8 Å². The van der Waals surface area contributed by atoms with Crippen LogP contribution in [0, 0.1) is 5.82 Å². The predicted molar refractivity (Wildman–Crippen MR) is 89.0 cm³/mol. The largest absolute Gasteiger partial charge is 0.494 e. The number of nitrogens with one attached hydrogen (secondary N) is 1. The highest BCUT2D eigenvalue weighted by atomic mass is 19.1. The number of benzene rings is 1. The van der Waals surface area contributed by atoms with Crippen LogP contribution in [-0.2, 0) is 4.74 Å². The van der Waals surface area contributed by atoms with Gasteiger partial charge in [0.15, 0.2) is 0 Å². The van der Waals surface area contributed by atoms with Crippen LogP contribution in [0.15, 0.2) is 42.6 Å². The zero-order valence-corrected chi connectivity index (χ0v) is 13.8. The molecular formula is C18H19FN2O4. The normalized spacial score (nSPS) is 10.2. The monoisotopic (exact) mass is 346 g/mol. The molecule has 1 amide bonds. The van der Waals surface area contributed by atoms with Gasteiger partial charge in [0.05, 0.1) is 19.3 Å². The first-order chi connectivity index (χ1) is 12.1. The SMILES string of the molecule is COC(=O)c1ccc(C(=O)NCCCCOc2ccc(F)cc2)nc1. The molecule has 7 heteroatoms. The van der Waals surface area contributed by atoms with E-state index in [0.29, 0.717) is 18.9 Å². The summed E-state index contributed by atoms with van der Waals surface area (Å²) in [6, 6.07) is 8.78. The minimum absolute atomic E-state index is 0.232. The fourth-order valence-electron chi connectivity index (χ4n) is 2.01. The molecule has 1 aromatic carbocycles. The first-order valence-corrected chi connectivity index (χ1v) is 7.81. The third-order valence-electron chi connectivity index (χ3n) is 3.36. The van der Waals surface area contributed by atoms with E-state index in [9.17, 15) is 14.0 Å². The van der Waals surface area contributed by atoms with Crippen LogP contribution in [0.25, 0.3) is 0 Å². The lowest BCUT2D eigenvalue weighted by molar-refractivity contribution is 0.0599. The average Bonchev–Trinajstić information content (AvgIpc) is 2.65. The van der Waals surface area contributed by atoms with E-state index in [4.69, 9.17) is 4.74 Å². The van der Waals surface area contributed by atoms with Crippen molar-refractivity contribution in [1.29, 1.82) is 0 Å². The predicted octanol–water partition coefficient (Wildman–Crippen LogP) is 2.60. The number of pyridine rings is 1. The molecular weight excluding hydrogens is 327 g/mol. The van der Waals surface area contributed by atoms with Crippen molar-refractivity contribution in [3.8, 4) is 5.75 Å². The number of carbonyl (C=O) groups excluding carboxylic acids is 2. The summed E-state index contributed by atoms with van der Waals surface area (Å²) in [6.45, 7) is 0.958. The summed E-state index contributed by atoms with van der Waals surface area (Å²) in [5, 5.41) is 2.75. The van der Waals surface area contributed by atoms with Crippen molar-refractivity contribution in [1.82, 2.24) is 10.3 Å². The number of methoxy groups -OCH3 is 1. The highest BCUT2D eigenvalue weighted by molar-refractivity contribution is 5.94. The maximum Gasteiger partial charge on any atom is 0.339 e. The molecule has 6 nitrogen and oxygen atoms in total. The molecule has 0 spiro atoms. The second kappa shape index (κ2) is 9.36. The molecule has 0 saturated carbocycles. The Labute approximate surface area is 145 Å². The van der Waals surface area contributed by atoms with Gasteiger partial charge in [0.2, 0.25) is 0 Å². The lowest BCUT2D eigenvalue weighted by Gasteiger charge is -2.07. The first-order valence-electron chi connectivity index (χ1n) is 7.81. The molecule has 0 radical (unpaired) electrons. The van der Waals surface area contributed by atoms with Gasteiger partial charge in [-0.2, -0.15) is 0 Å². The number of esters is 1. The standard InChI is InChI=1S/C18H19FN2O4/c1-24-18(23)13-4-9-16(21-12-13)17(22)20-10-2-3-11-25-15-7-5-14(19)6-8-15/h4-9,12H,2-3,10-11H2,1H3,(H,20,22). The van der Waals surface area contributed by atoms with E-state index in [1.807, 2.05) is 0 Å².